The van der Waals surface area contributed by atoms with Crippen molar-refractivity contribution in [2.75, 3.05) is 0 Å². The summed E-state index contributed by atoms with van der Waals surface area (Å²) < 4.78 is 28.7. The summed E-state index contributed by atoms with van der Waals surface area (Å²) in [4.78, 5) is 0. The molecule has 1 fully saturated rings. The number of hydrogen-bond acceptors (Lipinski definition) is 0. The molecular weight excluding hydrogens is 266 g/mol. The molecule has 2 aliphatic carbocycles. The number of rotatable bonds is 1. The van der Waals surface area contributed by atoms with Crippen molar-refractivity contribution in [2.24, 2.45) is 5.92 Å². The Morgan fingerprint density at radius 1 is 0.762 bits per heavy atom. The van der Waals surface area contributed by atoms with Gasteiger partial charge >= 0.3 is 0 Å². The molecule has 2 atom stereocenters. The summed E-state index contributed by atoms with van der Waals surface area (Å²) >= 11 is 0. The van der Waals surface area contributed by atoms with E-state index in [0.717, 1.165) is 22.3 Å². The molecule has 2 aliphatic rings. The van der Waals surface area contributed by atoms with Crippen molar-refractivity contribution in [1.82, 2.24) is 0 Å². The van der Waals surface area contributed by atoms with Crippen molar-refractivity contribution in [3.05, 3.63) is 70.8 Å². The van der Waals surface area contributed by atoms with Crippen LogP contribution in [0.3, 0.4) is 0 Å². The Hall–Kier alpha value is -1.70. The lowest BCUT2D eigenvalue weighted by Crippen LogP contribution is -2.13. The third-order valence-corrected chi connectivity index (χ3v) is 5.05. The van der Waals surface area contributed by atoms with E-state index >= 15 is 0 Å². The molecular formula is C19H18F2. The van der Waals surface area contributed by atoms with Gasteiger partial charge in [0, 0.05) is 5.92 Å². The first-order chi connectivity index (χ1) is 10.0. The van der Waals surface area contributed by atoms with E-state index in [-0.39, 0.29) is 5.92 Å². The number of fused-ring (bicyclic) bond motifs is 5. The fourth-order valence-corrected chi connectivity index (χ4v) is 4.14. The van der Waals surface area contributed by atoms with Crippen LogP contribution in [-0.2, 0) is 0 Å². The summed E-state index contributed by atoms with van der Waals surface area (Å²) in [5, 5.41) is 0. The van der Waals surface area contributed by atoms with Crippen LogP contribution in [0.4, 0.5) is 8.78 Å². The first-order valence-corrected chi connectivity index (χ1v) is 7.59. The Morgan fingerprint density at radius 2 is 1.14 bits per heavy atom. The van der Waals surface area contributed by atoms with Crippen molar-refractivity contribution in [3.63, 3.8) is 0 Å². The molecule has 0 saturated heterocycles. The smallest absolute Gasteiger partial charge is 0.205 e. The molecule has 0 bridgehead atoms. The summed E-state index contributed by atoms with van der Waals surface area (Å²) in [5.41, 5.74) is 3.87. The van der Waals surface area contributed by atoms with Gasteiger partial charge in [-0.2, -0.15) is 0 Å². The highest BCUT2D eigenvalue weighted by atomic mass is 19.3. The first-order valence-electron chi connectivity index (χ1n) is 7.59. The third kappa shape index (κ3) is 1.65. The van der Waals surface area contributed by atoms with Crippen LogP contribution < -0.4 is 0 Å². The van der Waals surface area contributed by atoms with Gasteiger partial charge < -0.3 is 0 Å². The van der Waals surface area contributed by atoms with Crippen molar-refractivity contribution in [2.45, 2.75) is 37.5 Å². The lowest BCUT2D eigenvalue weighted by molar-refractivity contribution is 0.104. The predicted octanol–water partition coefficient (Wildman–Crippen LogP) is 5.30. The zero-order chi connectivity index (χ0) is 14.8. The molecule has 0 aromatic heterocycles. The molecule has 2 heteroatoms. The molecule has 0 nitrogen and oxygen atoms in total. The van der Waals surface area contributed by atoms with Crippen molar-refractivity contribution in [1.29, 1.82) is 0 Å². The Kier molecular flexibility index (Phi) is 2.57. The van der Waals surface area contributed by atoms with Crippen LogP contribution in [0.25, 0.3) is 0 Å². The Morgan fingerprint density at radius 3 is 1.52 bits per heavy atom. The van der Waals surface area contributed by atoms with Gasteiger partial charge in [0.2, 0.25) is 0 Å². The highest BCUT2D eigenvalue weighted by Crippen LogP contribution is 2.70. The van der Waals surface area contributed by atoms with E-state index < -0.39 is 17.8 Å². The Balaban J connectivity index is 2.02. The highest BCUT2D eigenvalue weighted by molar-refractivity contribution is 5.56. The zero-order valence-electron chi connectivity index (χ0n) is 12.2. The molecule has 2 aromatic rings. The quantitative estimate of drug-likeness (QED) is 0.666. The summed E-state index contributed by atoms with van der Waals surface area (Å²) in [6.45, 7) is 4.35. The minimum atomic E-state index is -2.60. The van der Waals surface area contributed by atoms with Gasteiger partial charge in [-0.1, -0.05) is 62.4 Å². The zero-order valence-corrected chi connectivity index (χ0v) is 12.2. The summed E-state index contributed by atoms with van der Waals surface area (Å²) in [6.07, 6.45) is 0. The topological polar surface area (TPSA) is 0 Å². The molecule has 0 N–H and O–H groups in total. The standard InChI is InChI=1S/C19H18F2/c1-11(2)16-12-7-3-5-9-14(12)17-18(19(17,20)21)15-10-6-4-8-13(15)16/h3-11,16-18H,1-2H3. The SMILES string of the molecule is CC(C)C1c2ccccc2C2C(c3ccccc31)C2(F)F. The van der Waals surface area contributed by atoms with Gasteiger partial charge in [0.1, 0.15) is 0 Å². The van der Waals surface area contributed by atoms with Crippen LogP contribution in [0.1, 0.15) is 53.9 Å². The lowest BCUT2D eigenvalue weighted by Gasteiger charge is -2.25. The number of hydrogen-bond donors (Lipinski definition) is 0. The van der Waals surface area contributed by atoms with Gasteiger partial charge in [-0.25, -0.2) is 8.78 Å². The molecule has 4 rings (SSSR count). The van der Waals surface area contributed by atoms with Gasteiger partial charge in [0.05, 0.1) is 11.8 Å². The molecule has 0 spiro atoms. The number of halogens is 2. The van der Waals surface area contributed by atoms with Gasteiger partial charge in [-0.15, -0.1) is 0 Å². The van der Waals surface area contributed by atoms with Crippen LogP contribution in [0.2, 0.25) is 0 Å². The number of alkyl halides is 2. The molecule has 0 heterocycles. The van der Waals surface area contributed by atoms with E-state index in [1.54, 1.807) is 0 Å². The second-order valence-corrected chi connectivity index (χ2v) is 6.61. The second-order valence-electron chi connectivity index (χ2n) is 6.61. The average molecular weight is 284 g/mol. The molecule has 0 radical (unpaired) electrons. The maximum absolute atomic E-state index is 14.4. The van der Waals surface area contributed by atoms with Crippen LogP contribution in [0, 0.1) is 5.92 Å². The lowest BCUT2D eigenvalue weighted by atomic mass is 9.79. The highest BCUT2D eigenvalue weighted by Gasteiger charge is 2.71. The molecule has 2 unspecified atom stereocenters. The van der Waals surface area contributed by atoms with E-state index in [1.165, 1.54) is 0 Å². The van der Waals surface area contributed by atoms with E-state index in [4.69, 9.17) is 0 Å². The van der Waals surface area contributed by atoms with Crippen molar-refractivity contribution < 1.29 is 8.78 Å². The summed E-state index contributed by atoms with van der Waals surface area (Å²) in [7, 11) is 0. The molecule has 1 saturated carbocycles. The Bertz CT molecular complexity index is 647. The van der Waals surface area contributed by atoms with Crippen LogP contribution in [0.5, 0.6) is 0 Å². The minimum Gasteiger partial charge on any atom is -0.205 e. The predicted molar refractivity (Wildman–Crippen MR) is 80.0 cm³/mol. The van der Waals surface area contributed by atoms with E-state index in [9.17, 15) is 8.78 Å². The fraction of sp³-hybridized carbons (Fsp3) is 0.368. The van der Waals surface area contributed by atoms with E-state index in [1.807, 2.05) is 48.5 Å². The monoisotopic (exact) mass is 284 g/mol. The average Bonchev–Trinajstić information content (AvgIpc) is 3.06. The van der Waals surface area contributed by atoms with Gasteiger partial charge in [-0.05, 0) is 28.2 Å². The normalized spacial score (nSPS) is 28.3. The molecule has 108 valence electrons. The first kappa shape index (κ1) is 13.0. The molecule has 0 aliphatic heterocycles. The Labute approximate surface area is 123 Å². The molecule has 2 aromatic carbocycles. The van der Waals surface area contributed by atoms with Crippen molar-refractivity contribution in [3.8, 4) is 0 Å². The largest absolute Gasteiger partial charge is 0.263 e. The summed E-state index contributed by atoms with van der Waals surface area (Å²) in [5.74, 6) is -3.29. The van der Waals surface area contributed by atoms with Crippen LogP contribution in [0.15, 0.2) is 48.5 Å². The van der Waals surface area contributed by atoms with Gasteiger partial charge in [-0.3, -0.25) is 0 Å². The second kappa shape index (κ2) is 4.16. The molecule has 21 heavy (non-hydrogen) atoms. The van der Waals surface area contributed by atoms with Crippen LogP contribution in [-0.4, -0.2) is 5.92 Å². The minimum absolute atomic E-state index is 0.209. The maximum Gasteiger partial charge on any atom is 0.263 e. The van der Waals surface area contributed by atoms with E-state index in [2.05, 4.69) is 13.8 Å². The van der Waals surface area contributed by atoms with Gasteiger partial charge in [0.25, 0.3) is 5.92 Å². The fourth-order valence-electron chi connectivity index (χ4n) is 4.14. The van der Waals surface area contributed by atoms with Gasteiger partial charge in [0.15, 0.2) is 0 Å². The maximum atomic E-state index is 14.4. The third-order valence-electron chi connectivity index (χ3n) is 5.05. The van der Waals surface area contributed by atoms with E-state index in [0.29, 0.717) is 5.92 Å². The van der Waals surface area contributed by atoms with Crippen molar-refractivity contribution >= 4 is 0 Å². The van der Waals surface area contributed by atoms with Crippen LogP contribution >= 0.6 is 0 Å². The summed E-state index contributed by atoms with van der Waals surface area (Å²) in [6, 6.07) is 15.6. The number of benzene rings is 2. The molecule has 0 amide bonds.